The van der Waals surface area contributed by atoms with Gasteiger partial charge >= 0.3 is 0 Å². The van der Waals surface area contributed by atoms with Gasteiger partial charge in [-0.3, -0.25) is 10.3 Å². The lowest BCUT2D eigenvalue weighted by molar-refractivity contribution is 0.148. The molecule has 13 heavy (non-hydrogen) atoms. The molecule has 0 amide bonds. The first-order valence-corrected chi connectivity index (χ1v) is 3.52. The molecule has 0 aliphatic heterocycles. The Kier molecular flexibility index (Phi) is 3.00. The molecule has 0 spiro atoms. The molecule has 1 N–H and O–H groups in total. The lowest BCUT2D eigenvalue weighted by Crippen LogP contribution is -2.07. The van der Waals surface area contributed by atoms with Crippen LogP contribution >= 0.6 is 0 Å². The zero-order chi connectivity index (χ0) is 9.68. The van der Waals surface area contributed by atoms with Crippen LogP contribution in [-0.2, 0) is 11.9 Å². The minimum atomic E-state index is 0.370. The topological polar surface area (TPSA) is 75.2 Å². The maximum atomic E-state index is 8.71. The number of nitrogens with one attached hydrogen (secondary N) is 1. The van der Waals surface area contributed by atoms with Crippen molar-refractivity contribution >= 4 is 12.2 Å². The zero-order valence-corrected chi connectivity index (χ0v) is 7.35. The van der Waals surface area contributed by atoms with Crippen LogP contribution in [-0.4, -0.2) is 23.0 Å². The average Bonchev–Trinajstić information content (AvgIpc) is 2.47. The Labute approximate surface area is 75.4 Å². The predicted molar refractivity (Wildman–Crippen MR) is 46.2 cm³/mol. The summed E-state index contributed by atoms with van der Waals surface area (Å²) < 4.78 is 1.60. The number of aryl methyl sites for hydroxylation is 1. The number of hydrogen-bond donors (Lipinski definition) is 1. The van der Waals surface area contributed by atoms with Crippen molar-refractivity contribution in [3.63, 3.8) is 0 Å². The third-order valence-corrected chi connectivity index (χ3v) is 1.38. The van der Waals surface area contributed by atoms with E-state index >= 15 is 0 Å². The second-order valence-electron chi connectivity index (χ2n) is 2.22. The molecule has 1 rings (SSSR count). The van der Waals surface area contributed by atoms with Crippen LogP contribution in [0.1, 0.15) is 5.69 Å². The van der Waals surface area contributed by atoms with Gasteiger partial charge in [0.2, 0.25) is 0 Å². The highest BCUT2D eigenvalue weighted by Gasteiger charge is 2.04. The van der Waals surface area contributed by atoms with Crippen molar-refractivity contribution in [1.29, 1.82) is 5.26 Å². The second kappa shape index (κ2) is 4.23. The Balaban J connectivity index is 2.84. The minimum absolute atomic E-state index is 0.370. The van der Waals surface area contributed by atoms with Crippen LogP contribution in [0.2, 0.25) is 0 Å². The Hall–Kier alpha value is -1.87. The first kappa shape index (κ1) is 9.22. The molecule has 0 bridgehead atoms. The molecule has 0 saturated heterocycles. The molecule has 6 nitrogen and oxygen atoms in total. The fourth-order valence-electron chi connectivity index (χ4n) is 0.781. The van der Waals surface area contributed by atoms with Gasteiger partial charge in [0, 0.05) is 7.05 Å². The van der Waals surface area contributed by atoms with Gasteiger partial charge in [-0.25, -0.2) is 9.98 Å². The number of aliphatic imine (C=N–C) groups is 1. The Morgan fingerprint density at radius 1 is 1.85 bits per heavy atom. The van der Waals surface area contributed by atoms with Crippen molar-refractivity contribution in [3.8, 4) is 6.07 Å². The van der Waals surface area contributed by atoms with E-state index in [9.17, 15) is 0 Å². The molecular formula is C7H9N5O. The average molecular weight is 179 g/mol. The molecule has 68 valence electrons. The number of nitrogens with zero attached hydrogens (tertiary/aromatic N) is 4. The summed E-state index contributed by atoms with van der Waals surface area (Å²) in [7, 11) is 3.20. The molecule has 0 aromatic carbocycles. The second-order valence-corrected chi connectivity index (χ2v) is 2.22. The van der Waals surface area contributed by atoms with Crippen LogP contribution < -0.4 is 5.48 Å². The predicted octanol–water partition coefficient (Wildman–Crippen LogP) is 0.103. The number of rotatable bonds is 3. The summed E-state index contributed by atoms with van der Waals surface area (Å²) >= 11 is 0. The van der Waals surface area contributed by atoms with E-state index < -0.39 is 0 Å². The standard InChI is InChI=1S/C7H9N5O/c1-12-5-10-7(6(12)3-8)9-4-11-13-2/h4-5H,1-2H3,(H,9,11). The number of imidazole rings is 1. The third kappa shape index (κ3) is 2.04. The van der Waals surface area contributed by atoms with Crippen LogP contribution in [0.15, 0.2) is 11.3 Å². The largest absolute Gasteiger partial charge is 0.324 e. The highest BCUT2D eigenvalue weighted by atomic mass is 16.6. The highest BCUT2D eigenvalue weighted by Crippen LogP contribution is 2.13. The van der Waals surface area contributed by atoms with Crippen molar-refractivity contribution in [2.75, 3.05) is 7.11 Å². The Morgan fingerprint density at radius 3 is 3.23 bits per heavy atom. The summed E-state index contributed by atoms with van der Waals surface area (Å²) in [4.78, 5) is 12.3. The van der Waals surface area contributed by atoms with Crippen LogP contribution in [0.3, 0.4) is 0 Å². The van der Waals surface area contributed by atoms with Gasteiger partial charge in [0.25, 0.3) is 0 Å². The molecule has 0 aliphatic carbocycles. The number of nitriles is 1. The molecule has 1 heterocycles. The molecule has 6 heteroatoms. The summed E-state index contributed by atoms with van der Waals surface area (Å²) in [5.74, 6) is 0.370. The van der Waals surface area contributed by atoms with Gasteiger partial charge in [-0.1, -0.05) is 0 Å². The first-order chi connectivity index (χ1) is 6.29. The van der Waals surface area contributed by atoms with Gasteiger partial charge in [0.1, 0.15) is 12.4 Å². The van der Waals surface area contributed by atoms with Gasteiger partial charge < -0.3 is 4.57 Å². The van der Waals surface area contributed by atoms with Crippen LogP contribution in [0.4, 0.5) is 5.82 Å². The number of hydroxylamine groups is 1. The smallest absolute Gasteiger partial charge is 0.190 e. The maximum absolute atomic E-state index is 8.71. The van der Waals surface area contributed by atoms with Gasteiger partial charge in [0.15, 0.2) is 11.5 Å². The summed E-state index contributed by atoms with van der Waals surface area (Å²) in [5, 5.41) is 8.71. The van der Waals surface area contributed by atoms with E-state index in [1.807, 2.05) is 6.07 Å². The minimum Gasteiger partial charge on any atom is -0.324 e. The Bertz CT molecular complexity index is 348. The summed E-state index contributed by atoms with van der Waals surface area (Å²) in [6.07, 6.45) is 2.85. The lowest BCUT2D eigenvalue weighted by Gasteiger charge is -1.92. The van der Waals surface area contributed by atoms with E-state index in [0.717, 1.165) is 0 Å². The van der Waals surface area contributed by atoms with E-state index in [2.05, 4.69) is 20.3 Å². The van der Waals surface area contributed by atoms with Gasteiger partial charge in [-0.15, -0.1) is 0 Å². The summed E-state index contributed by atoms with van der Waals surface area (Å²) in [5.41, 5.74) is 2.82. The van der Waals surface area contributed by atoms with Crippen molar-refractivity contribution in [2.24, 2.45) is 12.0 Å². The molecule has 0 saturated carbocycles. The van der Waals surface area contributed by atoms with Gasteiger partial charge in [0.05, 0.1) is 13.4 Å². The molecule has 0 radical (unpaired) electrons. The fourth-order valence-corrected chi connectivity index (χ4v) is 0.781. The fraction of sp³-hybridized carbons (Fsp3) is 0.286. The van der Waals surface area contributed by atoms with Crippen LogP contribution in [0.25, 0.3) is 0 Å². The molecule has 0 fully saturated rings. The quantitative estimate of drug-likeness (QED) is 0.405. The summed E-state index contributed by atoms with van der Waals surface area (Å²) in [6.45, 7) is 0. The lowest BCUT2D eigenvalue weighted by atomic mass is 10.5. The van der Waals surface area contributed by atoms with Gasteiger partial charge in [-0.05, 0) is 0 Å². The van der Waals surface area contributed by atoms with Crippen molar-refractivity contribution in [3.05, 3.63) is 12.0 Å². The van der Waals surface area contributed by atoms with E-state index in [-0.39, 0.29) is 0 Å². The van der Waals surface area contributed by atoms with Crippen LogP contribution in [0, 0.1) is 11.3 Å². The molecule has 1 aromatic heterocycles. The third-order valence-electron chi connectivity index (χ3n) is 1.38. The van der Waals surface area contributed by atoms with E-state index in [1.54, 1.807) is 11.6 Å². The van der Waals surface area contributed by atoms with Crippen molar-refractivity contribution in [2.45, 2.75) is 0 Å². The maximum Gasteiger partial charge on any atom is 0.190 e. The molecule has 1 aromatic rings. The number of hydrogen-bond acceptors (Lipinski definition) is 4. The van der Waals surface area contributed by atoms with Crippen molar-refractivity contribution < 1.29 is 4.84 Å². The molecule has 0 atom stereocenters. The SMILES string of the molecule is CON/C=N/c1ncn(C)c1C#N. The number of aromatic nitrogens is 2. The summed E-state index contributed by atoms with van der Waals surface area (Å²) in [6, 6.07) is 1.99. The van der Waals surface area contributed by atoms with E-state index in [4.69, 9.17) is 5.26 Å². The zero-order valence-electron chi connectivity index (χ0n) is 7.35. The first-order valence-electron chi connectivity index (χ1n) is 3.52. The molecule has 0 unspecified atom stereocenters. The van der Waals surface area contributed by atoms with Gasteiger partial charge in [-0.2, -0.15) is 5.26 Å². The normalized spacial score (nSPS) is 10.2. The molecular weight excluding hydrogens is 170 g/mol. The highest BCUT2D eigenvalue weighted by molar-refractivity contribution is 5.60. The molecule has 0 aliphatic rings. The Morgan fingerprint density at radius 2 is 2.62 bits per heavy atom. The monoisotopic (exact) mass is 179 g/mol. The van der Waals surface area contributed by atoms with Crippen molar-refractivity contribution in [1.82, 2.24) is 15.0 Å². The van der Waals surface area contributed by atoms with Crippen LogP contribution in [0.5, 0.6) is 0 Å². The van der Waals surface area contributed by atoms with E-state index in [1.165, 1.54) is 19.8 Å². The van der Waals surface area contributed by atoms with E-state index in [0.29, 0.717) is 11.5 Å².